The molecule has 0 aliphatic heterocycles. The number of aromatic nitrogens is 2. The number of halogens is 2. The summed E-state index contributed by atoms with van der Waals surface area (Å²) < 4.78 is 15.7. The molecule has 3 rings (SSSR count). The van der Waals surface area contributed by atoms with Gasteiger partial charge in [-0.2, -0.15) is 4.98 Å². The largest absolute Gasteiger partial charge is 0.493 e. The Bertz CT molecular complexity index is 905. The topological polar surface area (TPSA) is 57.4 Å². The second kappa shape index (κ2) is 7.59. The molecular formula is C18H14Cl2N2O3. The van der Waals surface area contributed by atoms with Gasteiger partial charge in [0.1, 0.15) is 5.03 Å². The van der Waals surface area contributed by atoms with E-state index < -0.39 is 0 Å². The molecular weight excluding hydrogens is 363 g/mol. The minimum absolute atomic E-state index is 0.224. The molecule has 0 aliphatic rings. The third-order valence-electron chi connectivity index (χ3n) is 3.43. The highest BCUT2D eigenvalue weighted by Gasteiger charge is 2.12. The lowest BCUT2D eigenvalue weighted by Crippen LogP contribution is -1.90. The van der Waals surface area contributed by atoms with Crippen molar-refractivity contribution in [2.24, 2.45) is 0 Å². The molecule has 1 aromatic heterocycles. The molecule has 0 atom stereocenters. The van der Waals surface area contributed by atoms with Crippen LogP contribution in [0.3, 0.4) is 0 Å². The summed E-state index contributed by atoms with van der Waals surface area (Å²) in [5, 5.41) is 4.90. The molecule has 0 fully saturated rings. The predicted octanol–water partition coefficient (Wildman–Crippen LogP) is 5.14. The molecule has 0 saturated carbocycles. The number of ether oxygens (including phenoxy) is 2. The molecule has 0 bridgehead atoms. The fraction of sp³-hybridized carbons (Fsp3) is 0.111. The van der Waals surface area contributed by atoms with Gasteiger partial charge in [0.15, 0.2) is 11.5 Å². The van der Waals surface area contributed by atoms with Crippen LogP contribution in [0.2, 0.25) is 5.02 Å². The molecule has 5 nitrogen and oxygen atoms in total. The van der Waals surface area contributed by atoms with Crippen LogP contribution in [-0.4, -0.2) is 24.4 Å². The van der Waals surface area contributed by atoms with Crippen molar-refractivity contribution in [1.29, 1.82) is 0 Å². The average molecular weight is 377 g/mol. The van der Waals surface area contributed by atoms with Crippen LogP contribution in [-0.2, 0) is 0 Å². The number of rotatable bonds is 5. The smallest absolute Gasteiger partial charge is 0.269 e. The minimum Gasteiger partial charge on any atom is -0.493 e. The summed E-state index contributed by atoms with van der Waals surface area (Å²) in [7, 11) is 3.15. The maximum absolute atomic E-state index is 6.31. The van der Waals surface area contributed by atoms with E-state index in [2.05, 4.69) is 10.1 Å². The van der Waals surface area contributed by atoms with Crippen molar-refractivity contribution in [2.45, 2.75) is 0 Å². The first-order chi connectivity index (χ1) is 12.1. The van der Waals surface area contributed by atoms with Gasteiger partial charge in [0.05, 0.1) is 14.2 Å². The molecule has 0 unspecified atom stereocenters. The third kappa shape index (κ3) is 3.95. The minimum atomic E-state index is 0.224. The maximum Gasteiger partial charge on any atom is 0.269 e. The summed E-state index contributed by atoms with van der Waals surface area (Å²) in [5.41, 5.74) is 1.60. The third-order valence-corrected chi connectivity index (χ3v) is 3.96. The Balaban J connectivity index is 1.87. The van der Waals surface area contributed by atoms with E-state index in [1.165, 1.54) is 0 Å². The van der Waals surface area contributed by atoms with E-state index in [1.54, 1.807) is 44.6 Å². The highest BCUT2D eigenvalue weighted by atomic mass is 35.5. The van der Waals surface area contributed by atoms with Gasteiger partial charge in [-0.3, -0.25) is 0 Å². The standard InChI is InChI=1S/C18H14Cl2N2O3/c1-23-15-8-3-11(10-16(15)24-2)9-14(20)18-21-17(22-25-18)12-4-6-13(19)7-5-12/h3-10H,1-2H3/b14-9-. The van der Waals surface area contributed by atoms with E-state index in [-0.39, 0.29) is 5.89 Å². The van der Waals surface area contributed by atoms with Crippen LogP contribution >= 0.6 is 23.2 Å². The Hall–Kier alpha value is -2.50. The molecule has 2 aromatic carbocycles. The van der Waals surface area contributed by atoms with Crippen molar-refractivity contribution in [3.63, 3.8) is 0 Å². The Morgan fingerprint density at radius 2 is 1.76 bits per heavy atom. The number of methoxy groups -OCH3 is 2. The van der Waals surface area contributed by atoms with Gasteiger partial charge in [0.2, 0.25) is 5.82 Å². The zero-order valence-electron chi connectivity index (χ0n) is 13.5. The monoisotopic (exact) mass is 376 g/mol. The Morgan fingerprint density at radius 3 is 2.44 bits per heavy atom. The van der Waals surface area contributed by atoms with E-state index in [0.29, 0.717) is 27.4 Å². The summed E-state index contributed by atoms with van der Waals surface area (Å²) in [6.07, 6.45) is 1.71. The highest BCUT2D eigenvalue weighted by Crippen LogP contribution is 2.30. The zero-order valence-corrected chi connectivity index (χ0v) is 15.0. The molecule has 0 aliphatic carbocycles. The fourth-order valence-electron chi connectivity index (χ4n) is 2.19. The van der Waals surface area contributed by atoms with Crippen molar-refractivity contribution >= 4 is 34.3 Å². The lowest BCUT2D eigenvalue weighted by atomic mass is 10.2. The summed E-state index contributed by atoms with van der Waals surface area (Å²) in [6, 6.07) is 12.6. The summed E-state index contributed by atoms with van der Waals surface area (Å²) >= 11 is 12.2. The van der Waals surface area contributed by atoms with Crippen molar-refractivity contribution in [1.82, 2.24) is 10.1 Å². The molecule has 7 heteroatoms. The number of hydrogen-bond donors (Lipinski definition) is 0. The van der Waals surface area contributed by atoms with Gasteiger partial charge in [-0.05, 0) is 48.0 Å². The zero-order chi connectivity index (χ0) is 17.8. The van der Waals surface area contributed by atoms with Crippen LogP contribution in [0.1, 0.15) is 11.5 Å². The Labute approximate surface area is 154 Å². The van der Waals surface area contributed by atoms with E-state index in [1.807, 2.05) is 18.2 Å². The van der Waals surface area contributed by atoms with E-state index >= 15 is 0 Å². The van der Waals surface area contributed by atoms with Gasteiger partial charge < -0.3 is 14.0 Å². The maximum atomic E-state index is 6.31. The molecule has 0 spiro atoms. The van der Waals surface area contributed by atoms with Crippen LogP contribution in [0.4, 0.5) is 0 Å². The second-order valence-corrected chi connectivity index (χ2v) is 5.88. The quantitative estimate of drug-likeness (QED) is 0.616. The first kappa shape index (κ1) is 17.3. The van der Waals surface area contributed by atoms with Crippen LogP contribution in [0.15, 0.2) is 47.0 Å². The van der Waals surface area contributed by atoms with Gasteiger partial charge in [-0.15, -0.1) is 0 Å². The molecule has 1 heterocycles. The SMILES string of the molecule is COc1ccc(/C=C(\Cl)c2nc(-c3ccc(Cl)cc3)no2)cc1OC. The number of nitrogens with zero attached hydrogens (tertiary/aromatic N) is 2. The molecule has 0 radical (unpaired) electrons. The normalized spacial score (nSPS) is 11.4. The lowest BCUT2D eigenvalue weighted by Gasteiger charge is -2.07. The number of benzene rings is 2. The van der Waals surface area contributed by atoms with Crippen molar-refractivity contribution in [2.75, 3.05) is 14.2 Å². The summed E-state index contributed by atoms with van der Waals surface area (Å²) in [6.45, 7) is 0. The van der Waals surface area contributed by atoms with Crippen molar-refractivity contribution in [3.8, 4) is 22.9 Å². The number of hydrogen-bond acceptors (Lipinski definition) is 5. The van der Waals surface area contributed by atoms with Crippen LogP contribution in [0.5, 0.6) is 11.5 Å². The van der Waals surface area contributed by atoms with Gasteiger partial charge >= 0.3 is 0 Å². The molecule has 128 valence electrons. The second-order valence-electron chi connectivity index (χ2n) is 5.04. The van der Waals surface area contributed by atoms with Crippen molar-refractivity contribution in [3.05, 3.63) is 58.9 Å². The Morgan fingerprint density at radius 1 is 1.04 bits per heavy atom. The van der Waals surface area contributed by atoms with Gasteiger partial charge in [0.25, 0.3) is 5.89 Å². The van der Waals surface area contributed by atoms with Gasteiger partial charge in [0, 0.05) is 10.6 Å². The molecule has 0 saturated heterocycles. The first-order valence-corrected chi connectivity index (χ1v) is 8.05. The van der Waals surface area contributed by atoms with Crippen molar-refractivity contribution < 1.29 is 14.0 Å². The first-order valence-electron chi connectivity index (χ1n) is 7.30. The molecule has 3 aromatic rings. The van der Waals surface area contributed by atoms with Crippen LogP contribution in [0.25, 0.3) is 22.5 Å². The molecule has 25 heavy (non-hydrogen) atoms. The summed E-state index contributed by atoms with van der Waals surface area (Å²) in [5.74, 6) is 1.90. The molecule has 0 amide bonds. The lowest BCUT2D eigenvalue weighted by molar-refractivity contribution is 0.355. The molecule has 0 N–H and O–H groups in total. The predicted molar refractivity (Wildman–Crippen MR) is 98.0 cm³/mol. The highest BCUT2D eigenvalue weighted by molar-refractivity contribution is 6.50. The van der Waals surface area contributed by atoms with Gasteiger partial charge in [-0.1, -0.05) is 34.4 Å². The van der Waals surface area contributed by atoms with E-state index in [0.717, 1.165) is 11.1 Å². The average Bonchev–Trinajstić information content (AvgIpc) is 3.12. The van der Waals surface area contributed by atoms with Crippen LogP contribution in [0, 0.1) is 0 Å². The fourth-order valence-corrected chi connectivity index (χ4v) is 2.52. The van der Waals surface area contributed by atoms with E-state index in [9.17, 15) is 0 Å². The van der Waals surface area contributed by atoms with E-state index in [4.69, 9.17) is 37.2 Å². The summed E-state index contributed by atoms with van der Waals surface area (Å²) in [4.78, 5) is 4.31. The van der Waals surface area contributed by atoms with Crippen LogP contribution < -0.4 is 9.47 Å². The Kier molecular flexibility index (Phi) is 5.26. The van der Waals surface area contributed by atoms with Gasteiger partial charge in [-0.25, -0.2) is 0 Å².